The van der Waals surface area contributed by atoms with Crippen LogP contribution in [0.4, 0.5) is 5.69 Å². The van der Waals surface area contributed by atoms with E-state index in [9.17, 15) is 19.2 Å². The van der Waals surface area contributed by atoms with Gasteiger partial charge >= 0.3 is 11.9 Å². The third kappa shape index (κ3) is 9.42. The molecule has 0 heterocycles. The summed E-state index contributed by atoms with van der Waals surface area (Å²) >= 11 is 0. The van der Waals surface area contributed by atoms with Crippen LogP contribution in [0.5, 0.6) is 0 Å². The number of carbonyl (C=O) groups excluding carboxylic acids is 4. The minimum absolute atomic E-state index is 0.0261. The molecule has 2 rings (SSSR count). The van der Waals surface area contributed by atoms with Crippen molar-refractivity contribution < 1.29 is 28.7 Å². The quantitative estimate of drug-likeness (QED) is 0.520. The molecule has 0 bridgehead atoms. The molecule has 0 radical (unpaired) electrons. The Bertz CT molecular complexity index is 910. The van der Waals surface area contributed by atoms with Gasteiger partial charge in [-0.25, -0.2) is 4.79 Å². The number of hydrogen-bond donors (Lipinski definition) is 2. The molecule has 0 aliphatic carbocycles. The summed E-state index contributed by atoms with van der Waals surface area (Å²) in [7, 11) is 0. The summed E-state index contributed by atoms with van der Waals surface area (Å²) in [6.07, 6.45) is -0.150. The molecule has 8 heteroatoms. The van der Waals surface area contributed by atoms with Crippen molar-refractivity contribution in [1.29, 1.82) is 0 Å². The molecule has 0 aliphatic heterocycles. The van der Waals surface area contributed by atoms with E-state index in [1.807, 2.05) is 44.2 Å². The Morgan fingerprint density at radius 2 is 1.53 bits per heavy atom. The second-order valence-corrected chi connectivity index (χ2v) is 7.54. The first-order valence-corrected chi connectivity index (χ1v) is 10.4. The number of amides is 2. The van der Waals surface area contributed by atoms with E-state index in [0.717, 1.165) is 5.56 Å². The number of anilines is 1. The summed E-state index contributed by atoms with van der Waals surface area (Å²) in [4.78, 5) is 47.4. The first kappa shape index (κ1) is 24.6. The van der Waals surface area contributed by atoms with E-state index in [0.29, 0.717) is 24.4 Å². The van der Waals surface area contributed by atoms with Gasteiger partial charge in [0.2, 0.25) is 5.91 Å². The SMILES string of the molecule is CC(C)COC(=O)c1ccc(NC(=O)COC(=O)CCC(=O)NCc2ccccc2)cc1. The first-order chi connectivity index (χ1) is 15.3. The van der Waals surface area contributed by atoms with E-state index in [2.05, 4.69) is 10.6 Å². The van der Waals surface area contributed by atoms with Gasteiger partial charge in [0, 0.05) is 18.7 Å². The van der Waals surface area contributed by atoms with Gasteiger partial charge in [0.1, 0.15) is 0 Å². The zero-order valence-corrected chi connectivity index (χ0v) is 18.3. The molecule has 170 valence electrons. The molecular weight excluding hydrogens is 412 g/mol. The van der Waals surface area contributed by atoms with E-state index in [1.165, 1.54) is 0 Å². The first-order valence-electron chi connectivity index (χ1n) is 10.4. The van der Waals surface area contributed by atoms with Gasteiger partial charge in [-0.3, -0.25) is 14.4 Å². The van der Waals surface area contributed by atoms with Gasteiger partial charge in [-0.1, -0.05) is 44.2 Å². The zero-order chi connectivity index (χ0) is 23.3. The summed E-state index contributed by atoms with van der Waals surface area (Å²) in [5, 5.41) is 5.29. The van der Waals surface area contributed by atoms with Gasteiger partial charge in [-0.05, 0) is 35.7 Å². The Hall–Kier alpha value is -3.68. The monoisotopic (exact) mass is 440 g/mol. The lowest BCUT2D eigenvalue weighted by Gasteiger charge is -2.09. The van der Waals surface area contributed by atoms with E-state index in [-0.39, 0.29) is 24.7 Å². The third-order valence-electron chi connectivity index (χ3n) is 4.21. The molecule has 2 amide bonds. The molecule has 2 N–H and O–H groups in total. The molecule has 0 saturated carbocycles. The number of carbonyl (C=O) groups is 4. The van der Waals surface area contributed by atoms with Crippen LogP contribution < -0.4 is 10.6 Å². The average molecular weight is 440 g/mol. The van der Waals surface area contributed by atoms with Crippen molar-refractivity contribution in [3.8, 4) is 0 Å². The Labute approximate surface area is 187 Å². The molecule has 2 aromatic rings. The van der Waals surface area contributed by atoms with Crippen LogP contribution in [0.25, 0.3) is 0 Å². The van der Waals surface area contributed by atoms with Crippen molar-refractivity contribution >= 4 is 29.4 Å². The maximum atomic E-state index is 12.0. The van der Waals surface area contributed by atoms with Gasteiger partial charge in [0.15, 0.2) is 6.61 Å². The normalized spacial score (nSPS) is 10.3. The summed E-state index contributed by atoms with van der Waals surface area (Å²) in [5.41, 5.74) is 1.79. The highest BCUT2D eigenvalue weighted by molar-refractivity contribution is 5.94. The lowest BCUT2D eigenvalue weighted by atomic mass is 10.2. The van der Waals surface area contributed by atoms with Crippen LogP contribution in [0.1, 0.15) is 42.6 Å². The van der Waals surface area contributed by atoms with Crippen molar-refractivity contribution in [1.82, 2.24) is 5.32 Å². The van der Waals surface area contributed by atoms with Crippen LogP contribution >= 0.6 is 0 Å². The standard InChI is InChI=1S/C24H28N2O6/c1-17(2)15-32-24(30)19-8-10-20(11-9-19)26-22(28)16-31-23(29)13-12-21(27)25-14-18-6-4-3-5-7-18/h3-11,17H,12-16H2,1-2H3,(H,25,27)(H,26,28). The Morgan fingerprint density at radius 3 is 2.19 bits per heavy atom. The Balaban J connectivity index is 1.65. The second-order valence-electron chi connectivity index (χ2n) is 7.54. The molecule has 2 aromatic carbocycles. The molecule has 0 atom stereocenters. The molecule has 32 heavy (non-hydrogen) atoms. The minimum Gasteiger partial charge on any atom is -0.462 e. The van der Waals surface area contributed by atoms with E-state index in [4.69, 9.17) is 9.47 Å². The van der Waals surface area contributed by atoms with Crippen LogP contribution in [0.3, 0.4) is 0 Å². The van der Waals surface area contributed by atoms with Crippen molar-refractivity contribution in [2.45, 2.75) is 33.2 Å². The van der Waals surface area contributed by atoms with Crippen molar-refractivity contribution in [2.24, 2.45) is 5.92 Å². The Morgan fingerprint density at radius 1 is 0.844 bits per heavy atom. The number of ether oxygens (including phenoxy) is 2. The fourth-order valence-electron chi connectivity index (χ4n) is 2.53. The molecule has 0 fully saturated rings. The van der Waals surface area contributed by atoms with Crippen LogP contribution in [-0.2, 0) is 30.4 Å². The number of rotatable bonds is 11. The number of nitrogens with one attached hydrogen (secondary N) is 2. The lowest BCUT2D eigenvalue weighted by Crippen LogP contribution is -2.25. The predicted molar refractivity (Wildman–Crippen MR) is 119 cm³/mol. The van der Waals surface area contributed by atoms with Crippen LogP contribution in [0.2, 0.25) is 0 Å². The van der Waals surface area contributed by atoms with Gasteiger partial charge in [-0.2, -0.15) is 0 Å². The number of hydrogen-bond acceptors (Lipinski definition) is 6. The smallest absolute Gasteiger partial charge is 0.338 e. The predicted octanol–water partition coefficient (Wildman–Crippen LogP) is 3.08. The van der Waals surface area contributed by atoms with E-state index >= 15 is 0 Å². The fraction of sp³-hybridized carbons (Fsp3) is 0.333. The zero-order valence-electron chi connectivity index (χ0n) is 18.3. The van der Waals surface area contributed by atoms with Gasteiger partial charge in [0.25, 0.3) is 5.91 Å². The molecule has 0 aliphatic rings. The maximum absolute atomic E-state index is 12.0. The summed E-state index contributed by atoms with van der Waals surface area (Å²) < 4.78 is 10.0. The molecule has 0 saturated heterocycles. The second kappa shape index (κ2) is 12.9. The van der Waals surface area contributed by atoms with Crippen LogP contribution in [-0.4, -0.2) is 37.0 Å². The topological polar surface area (TPSA) is 111 Å². The van der Waals surface area contributed by atoms with E-state index in [1.54, 1.807) is 24.3 Å². The van der Waals surface area contributed by atoms with Crippen molar-refractivity contribution in [3.05, 3.63) is 65.7 Å². The van der Waals surface area contributed by atoms with Gasteiger partial charge in [0.05, 0.1) is 18.6 Å². The highest BCUT2D eigenvalue weighted by Crippen LogP contribution is 2.11. The minimum atomic E-state index is -0.641. The lowest BCUT2D eigenvalue weighted by molar-refractivity contribution is -0.148. The molecule has 0 aromatic heterocycles. The van der Waals surface area contributed by atoms with Crippen LogP contribution in [0.15, 0.2) is 54.6 Å². The summed E-state index contributed by atoms with van der Waals surface area (Å²) in [5.74, 6) is -1.63. The van der Waals surface area contributed by atoms with Crippen molar-refractivity contribution in [2.75, 3.05) is 18.5 Å². The largest absolute Gasteiger partial charge is 0.462 e. The molecule has 8 nitrogen and oxygen atoms in total. The van der Waals surface area contributed by atoms with Crippen molar-refractivity contribution in [3.63, 3.8) is 0 Å². The summed E-state index contributed by atoms with van der Waals surface area (Å²) in [6, 6.07) is 15.6. The van der Waals surface area contributed by atoms with Gasteiger partial charge < -0.3 is 20.1 Å². The molecule has 0 spiro atoms. The highest BCUT2D eigenvalue weighted by atomic mass is 16.5. The Kier molecular flexibility index (Phi) is 9.90. The maximum Gasteiger partial charge on any atom is 0.338 e. The highest BCUT2D eigenvalue weighted by Gasteiger charge is 2.12. The molecular formula is C24H28N2O6. The number of esters is 2. The molecule has 0 unspecified atom stereocenters. The third-order valence-corrected chi connectivity index (χ3v) is 4.21. The van der Waals surface area contributed by atoms with Gasteiger partial charge in [-0.15, -0.1) is 0 Å². The van der Waals surface area contributed by atoms with E-state index < -0.39 is 24.5 Å². The summed E-state index contributed by atoms with van der Waals surface area (Å²) in [6.45, 7) is 4.13. The van der Waals surface area contributed by atoms with Crippen LogP contribution in [0, 0.1) is 5.92 Å². The average Bonchev–Trinajstić information content (AvgIpc) is 2.79. The fourth-order valence-corrected chi connectivity index (χ4v) is 2.53. The number of benzene rings is 2.